The number of carbonyl (C=O) groups is 12. The van der Waals surface area contributed by atoms with Gasteiger partial charge in [0.1, 0.15) is 61.9 Å². The van der Waals surface area contributed by atoms with Crippen LogP contribution in [0.4, 0.5) is 53.0 Å². The molecule has 0 aliphatic carbocycles. The van der Waals surface area contributed by atoms with Crippen LogP contribution in [-0.4, -0.2) is 225 Å². The van der Waals surface area contributed by atoms with Crippen LogP contribution in [0.2, 0.25) is 0 Å². The van der Waals surface area contributed by atoms with Crippen molar-refractivity contribution in [1.29, 1.82) is 0 Å². The van der Waals surface area contributed by atoms with Crippen molar-refractivity contribution in [2.75, 3.05) is 38.4 Å². The minimum atomic E-state index is -4.97. The Hall–Kier alpha value is -11.2. The Bertz CT molecular complexity index is 4580. The molecular formula is C92H134F6N10O20. The lowest BCUT2D eigenvalue weighted by Gasteiger charge is -2.41. The van der Waals surface area contributed by atoms with Gasteiger partial charge in [-0.25, -0.2) is 19.2 Å². The number of aldehydes is 2. The number of rotatable bonds is 26. The zero-order valence-corrected chi connectivity index (χ0v) is 76.2. The van der Waals surface area contributed by atoms with E-state index in [1.54, 1.807) is 61.6 Å². The normalized spacial score (nSPS) is 16.5. The number of amides is 8. The lowest BCUT2D eigenvalue weighted by atomic mass is 9.90. The number of aliphatic hydroxyl groups is 3. The van der Waals surface area contributed by atoms with E-state index in [-0.39, 0.29) is 55.6 Å². The largest absolute Gasteiger partial charge is 0.480 e. The Kier molecular flexibility index (Phi) is 52.5. The number of carboxylic acids is 1. The molecule has 8 amide bonds. The fourth-order valence-corrected chi connectivity index (χ4v) is 11.6. The maximum absolute atomic E-state index is 13.5. The number of nitrogens with zero attached hydrogens (tertiary/aromatic N) is 4. The second-order valence-electron chi connectivity index (χ2n) is 31.9. The molecule has 0 bridgehead atoms. The van der Waals surface area contributed by atoms with E-state index in [0.717, 1.165) is 66.9 Å². The highest BCUT2D eigenvalue weighted by molar-refractivity contribution is 6.06. The quantitative estimate of drug-likeness (QED) is 0.0137. The molecule has 0 radical (unpaired) electrons. The average Bonchev–Trinajstić information content (AvgIpc) is 1.64. The van der Waals surface area contributed by atoms with Gasteiger partial charge < -0.3 is 81.8 Å². The number of alkyl halides is 6. The summed E-state index contributed by atoms with van der Waals surface area (Å²) in [7, 11) is 4.37. The summed E-state index contributed by atoms with van der Waals surface area (Å²) in [6, 6.07) is 34.5. The van der Waals surface area contributed by atoms with E-state index in [1.165, 1.54) is 46.7 Å². The summed E-state index contributed by atoms with van der Waals surface area (Å²) in [5.74, 6) is -4.45. The number of aliphatic hydroxyl groups excluding tert-OH is 3. The first kappa shape index (κ1) is 117. The summed E-state index contributed by atoms with van der Waals surface area (Å²) >= 11 is 0. The van der Waals surface area contributed by atoms with Gasteiger partial charge in [-0.2, -0.15) is 26.3 Å². The number of halogens is 6. The van der Waals surface area contributed by atoms with Crippen LogP contribution in [0.5, 0.6) is 0 Å². The molecule has 3 unspecified atom stereocenters. The lowest BCUT2D eigenvalue weighted by Crippen LogP contribution is -2.64. The van der Waals surface area contributed by atoms with Crippen LogP contribution in [0.15, 0.2) is 127 Å². The molecule has 2 saturated heterocycles. The minimum Gasteiger partial charge on any atom is -0.480 e. The molecule has 6 aromatic carbocycles. The van der Waals surface area contributed by atoms with Crippen LogP contribution < -0.4 is 32.7 Å². The molecule has 6 aromatic rings. The van der Waals surface area contributed by atoms with Gasteiger partial charge in [-0.15, -0.1) is 0 Å². The summed E-state index contributed by atoms with van der Waals surface area (Å²) in [6.07, 6.45) is -11.6. The SMILES string of the molecule is C.CC.CC(C)CCC=O.CC[C@@H](C)C(=O)N[C@@H]1C(=O)N2C(C(=O)Nc3cccc4ccccc34)CC[C@@H]2O[C@@H]1C.COC(C)CCC(CC(=O)[C@@H](NC(=O)[C@H](C)N(C)C(=O)OC(C)(C)C)[C@H](C)O)C(=O)Nc1cccc2ccccc12.C[C@@H](O)[C@H](NC(=O)[C@H](C)N(C)C(=O)OC(C)(C)C)C(=O)O.N.OCC(F)(F)F.[2H]C(=O)C(F)(F)F.[C-]#[N+]c1cccc2ccccc12. The summed E-state index contributed by atoms with van der Waals surface area (Å²) < 4.78 is 90.8. The molecule has 13 atom stereocenters. The molecule has 0 aromatic heterocycles. The number of methoxy groups -OCH3 is 1. The fourth-order valence-electron chi connectivity index (χ4n) is 11.6. The van der Waals surface area contributed by atoms with Gasteiger partial charge in [-0.1, -0.05) is 164 Å². The molecule has 0 saturated carbocycles. The van der Waals surface area contributed by atoms with Crippen LogP contribution >= 0.6 is 0 Å². The molecular weight excluding hydrogens is 1680 g/mol. The monoisotopic (exact) mass is 1810 g/mol. The molecule has 12 N–H and O–H groups in total. The van der Waals surface area contributed by atoms with E-state index < -0.39 is 139 Å². The first-order chi connectivity index (χ1) is 59.1. The smallest absolute Gasteiger partial charge is 0.446 e. The highest BCUT2D eigenvalue weighted by Crippen LogP contribution is 2.34. The number of Topliss-reactive ketones (excluding diaryl/α,β-unsaturated/α-hetero) is 1. The molecule has 2 heterocycles. The number of hydrogen-bond donors (Lipinski definition) is 10. The summed E-state index contributed by atoms with van der Waals surface area (Å²) in [6.45, 7) is 36.7. The van der Waals surface area contributed by atoms with Crippen molar-refractivity contribution in [1.82, 2.24) is 36.8 Å². The maximum atomic E-state index is 13.5. The van der Waals surface area contributed by atoms with Crippen molar-refractivity contribution >= 4 is 121 Å². The second kappa shape index (κ2) is 57.6. The third kappa shape index (κ3) is 42.1. The van der Waals surface area contributed by atoms with E-state index in [2.05, 4.69) is 45.3 Å². The number of carboxylic acid groups (broad SMARTS) is 1. The summed E-state index contributed by atoms with van der Waals surface area (Å²) in [4.78, 5) is 152. The Labute approximate surface area is 748 Å². The standard InChI is InChI=1S/C31H45N3O7.C24H29N3O4.C13H24N2O6.C11H7N.C6H12O.C2H3F3O.C2HF3O.C2H6.CH4.H3N/c1-19(40-8)16-17-23(29(38)32-25-15-11-13-22-12-9-10-14-24(22)25)18-26(36)27(21(3)35)33-28(37)20(2)34(7)30(39)41-31(4,5)6;1-4-14(2)22(28)26-21-15(3)31-20-13-12-19(27(20)24(21)30)23(29)25-18-11-7-9-16-8-5-6-10-17(16)18;1-7(15(6)12(20)21-13(3,4)5)10(17)14-9(8(2)16)11(18)19;1-12-11-8-4-6-9-5-2-3-7-10(9)11;1-6(2)4-3-5-7;2*3-2(4,5)1-6;1-2;;/h9-15,19-21,23,27,35H,16-18H2,1-8H3,(H,32,38)(H,33,37);5-11,14-15,19-21H,4,12-13H2,1-3H3,(H,25,29)(H,26,28);7-9,16H,1-6H3,(H,14,17)(H,18,19);2-8H;5-6H,3-4H2,1-2H3;6H,1H2;1H;1-2H3;1H4;1H3/t19?,20-,21-,23?,27-;14-,15-,19?,20+,21+;7-,8+,9-;;;;;;;/m010......./s1/i;;;;;;1D;;;. The Morgan fingerprint density at radius 3 is 1.44 bits per heavy atom. The van der Waals surface area contributed by atoms with E-state index in [0.29, 0.717) is 49.4 Å². The number of fused-ring (bicyclic) bond motifs is 4. The van der Waals surface area contributed by atoms with Gasteiger partial charge >= 0.3 is 30.5 Å². The first-order valence-corrected chi connectivity index (χ1v) is 41.2. The zero-order valence-electron chi connectivity index (χ0n) is 77.2. The van der Waals surface area contributed by atoms with E-state index in [1.807, 2.05) is 156 Å². The molecule has 8 rings (SSSR count). The number of benzene rings is 6. The highest BCUT2D eigenvalue weighted by Gasteiger charge is 2.50. The van der Waals surface area contributed by atoms with E-state index >= 15 is 0 Å². The number of aliphatic carboxylic acids is 1. The molecule has 714 valence electrons. The Morgan fingerprint density at radius 1 is 0.641 bits per heavy atom. The number of nitrogens with one attached hydrogen (secondary N) is 5. The highest BCUT2D eigenvalue weighted by atomic mass is 19.4. The topological polar surface area (TPSA) is 432 Å². The van der Waals surface area contributed by atoms with Gasteiger partial charge in [0.05, 0.1) is 31.0 Å². The van der Waals surface area contributed by atoms with Crippen LogP contribution in [0.25, 0.3) is 37.2 Å². The van der Waals surface area contributed by atoms with E-state index in [4.69, 9.17) is 41.9 Å². The minimum absolute atomic E-state index is 0. The first-order valence-electron chi connectivity index (χ1n) is 41.7. The lowest BCUT2D eigenvalue weighted by molar-refractivity contribution is -0.178. The number of carbonyl (C=O) groups excluding carboxylic acids is 11. The van der Waals surface area contributed by atoms with Gasteiger partial charge in [0.15, 0.2) is 17.5 Å². The summed E-state index contributed by atoms with van der Waals surface area (Å²) in [5.41, 5.74) is 0.622. The van der Waals surface area contributed by atoms with Crippen molar-refractivity contribution in [3.05, 3.63) is 139 Å². The van der Waals surface area contributed by atoms with Crippen LogP contribution in [0.1, 0.15) is 185 Å². The number of ether oxygens (including phenoxy) is 4. The number of likely N-dealkylation sites (N-methyl/N-ethyl adjacent to an activating group) is 2. The molecule has 30 nitrogen and oxygen atoms in total. The predicted molar refractivity (Wildman–Crippen MR) is 480 cm³/mol. The van der Waals surface area contributed by atoms with Crippen molar-refractivity contribution in [2.45, 2.75) is 274 Å². The van der Waals surface area contributed by atoms with Crippen molar-refractivity contribution < 1.29 is 125 Å². The Balaban J connectivity index is 0. The van der Waals surface area contributed by atoms with Crippen LogP contribution in [0.3, 0.4) is 0 Å². The predicted octanol–water partition coefficient (Wildman–Crippen LogP) is 15.7. The van der Waals surface area contributed by atoms with Gasteiger partial charge in [0, 0.05) is 68.0 Å². The number of anilines is 2. The van der Waals surface area contributed by atoms with Crippen LogP contribution in [-0.2, 0) is 66.9 Å². The van der Waals surface area contributed by atoms with Gasteiger partial charge in [0.25, 0.3) is 5.91 Å². The second-order valence-corrected chi connectivity index (χ2v) is 31.9. The summed E-state index contributed by atoms with van der Waals surface area (Å²) in [5, 5.41) is 55.4. The third-order valence-electron chi connectivity index (χ3n) is 19.1. The van der Waals surface area contributed by atoms with Gasteiger partial charge in [-0.05, 0) is 161 Å². The molecule has 128 heavy (non-hydrogen) atoms. The average molecular weight is 1820 g/mol. The fraction of sp³-hybridized carbons (Fsp3) is 0.533. The van der Waals surface area contributed by atoms with Gasteiger partial charge in [-0.3, -0.25) is 48.2 Å². The number of hydrogen-bond acceptors (Lipinski definition) is 20. The third-order valence-corrected chi connectivity index (χ3v) is 19.1. The molecule has 2 aliphatic heterocycles. The number of ketones is 1. The van der Waals surface area contributed by atoms with E-state index in [9.17, 15) is 89.3 Å². The molecule has 0 spiro atoms. The van der Waals surface area contributed by atoms with Crippen LogP contribution in [0, 0.1) is 24.3 Å². The maximum Gasteiger partial charge on any atom is 0.446 e. The van der Waals surface area contributed by atoms with Crippen molar-refractivity contribution in [3.63, 3.8) is 0 Å². The van der Waals surface area contributed by atoms with Crippen molar-refractivity contribution in [3.8, 4) is 0 Å². The molecule has 36 heteroatoms. The van der Waals surface area contributed by atoms with Crippen molar-refractivity contribution in [2.24, 2.45) is 17.8 Å². The zero-order chi connectivity index (χ0) is 97.4. The van der Waals surface area contributed by atoms with Gasteiger partial charge in [0.2, 0.25) is 35.8 Å². The molecule has 2 fully saturated rings. The Morgan fingerprint density at radius 2 is 1.05 bits per heavy atom. The molecule has 2 aliphatic rings.